The molecule has 19 heavy (non-hydrogen) atoms. The summed E-state index contributed by atoms with van der Waals surface area (Å²) in [6.45, 7) is 7.11. The van der Waals surface area contributed by atoms with Crippen molar-refractivity contribution in [3.05, 3.63) is 16.3 Å². The van der Waals surface area contributed by atoms with Gasteiger partial charge in [-0.1, -0.05) is 26.7 Å². The molecule has 0 aliphatic heterocycles. The summed E-state index contributed by atoms with van der Waals surface area (Å²) in [5.41, 5.74) is 1.34. The van der Waals surface area contributed by atoms with Gasteiger partial charge >= 0.3 is 0 Å². The Balaban J connectivity index is 1.95. The second-order valence-electron chi connectivity index (χ2n) is 6.11. The molecule has 1 unspecified atom stereocenters. The lowest BCUT2D eigenvalue weighted by Gasteiger charge is -2.39. The molecule has 2 rings (SSSR count). The molecule has 1 amide bonds. The van der Waals surface area contributed by atoms with Crippen LogP contribution in [0.15, 0.2) is 11.4 Å². The van der Waals surface area contributed by atoms with Gasteiger partial charge in [0.1, 0.15) is 0 Å². The molecule has 0 aromatic carbocycles. The quantitative estimate of drug-likeness (QED) is 0.881. The Morgan fingerprint density at radius 3 is 2.95 bits per heavy atom. The zero-order chi connectivity index (χ0) is 13.9. The van der Waals surface area contributed by atoms with E-state index in [1.165, 1.54) is 30.6 Å². The van der Waals surface area contributed by atoms with Crippen LogP contribution in [0.1, 0.15) is 51.3 Å². The minimum atomic E-state index is -0.00218. The predicted molar refractivity (Wildman–Crippen MR) is 81.5 cm³/mol. The third-order valence-electron chi connectivity index (χ3n) is 4.07. The van der Waals surface area contributed by atoms with Gasteiger partial charge in [-0.15, -0.1) is 11.3 Å². The topological polar surface area (TPSA) is 41.1 Å². The van der Waals surface area contributed by atoms with Crippen molar-refractivity contribution >= 4 is 22.9 Å². The van der Waals surface area contributed by atoms with Crippen LogP contribution < -0.4 is 10.6 Å². The molecular formula is C15H24N2OS. The van der Waals surface area contributed by atoms with Crippen LogP contribution in [0.5, 0.6) is 0 Å². The fourth-order valence-corrected chi connectivity index (χ4v) is 3.65. The number of rotatable bonds is 4. The van der Waals surface area contributed by atoms with Gasteiger partial charge in [-0.05, 0) is 29.7 Å². The van der Waals surface area contributed by atoms with Gasteiger partial charge in [0.05, 0.1) is 5.69 Å². The van der Waals surface area contributed by atoms with Gasteiger partial charge in [0, 0.05) is 24.4 Å². The van der Waals surface area contributed by atoms with E-state index in [0.29, 0.717) is 11.5 Å². The van der Waals surface area contributed by atoms with Crippen LogP contribution >= 0.6 is 11.3 Å². The summed E-state index contributed by atoms with van der Waals surface area (Å²) >= 11 is 1.70. The van der Waals surface area contributed by atoms with Gasteiger partial charge in [-0.3, -0.25) is 4.79 Å². The number of nitrogens with one attached hydrogen (secondary N) is 2. The monoisotopic (exact) mass is 280 g/mol. The highest BCUT2D eigenvalue weighted by Crippen LogP contribution is 2.36. The summed E-state index contributed by atoms with van der Waals surface area (Å²) in [5.74, 6) is -0.00218. The first-order chi connectivity index (χ1) is 8.99. The van der Waals surface area contributed by atoms with Gasteiger partial charge < -0.3 is 10.6 Å². The molecule has 0 radical (unpaired) electrons. The number of thiophene rings is 1. The van der Waals surface area contributed by atoms with E-state index in [-0.39, 0.29) is 5.91 Å². The van der Waals surface area contributed by atoms with Crippen LogP contribution in [0.4, 0.5) is 5.69 Å². The molecule has 1 fully saturated rings. The molecule has 0 spiro atoms. The molecule has 1 aliphatic carbocycles. The Morgan fingerprint density at radius 1 is 1.47 bits per heavy atom. The predicted octanol–water partition coefficient (Wildman–Crippen LogP) is 3.76. The second kappa shape index (κ2) is 6.06. The summed E-state index contributed by atoms with van der Waals surface area (Å²) in [7, 11) is 0. The SMILES string of the molecule is CC(=O)Nc1ccsc1CNC1CCCCC1(C)C. The highest BCUT2D eigenvalue weighted by atomic mass is 32.1. The largest absolute Gasteiger partial charge is 0.325 e. The molecular weight excluding hydrogens is 256 g/mol. The van der Waals surface area contributed by atoms with E-state index < -0.39 is 0 Å². The minimum Gasteiger partial charge on any atom is -0.325 e. The van der Waals surface area contributed by atoms with Crippen LogP contribution in [0, 0.1) is 5.41 Å². The molecule has 1 atom stereocenters. The summed E-state index contributed by atoms with van der Waals surface area (Å²) in [5, 5.41) is 8.62. The summed E-state index contributed by atoms with van der Waals surface area (Å²) in [6.07, 6.45) is 5.23. The van der Waals surface area contributed by atoms with Crippen molar-refractivity contribution in [2.45, 2.75) is 59.0 Å². The van der Waals surface area contributed by atoms with E-state index in [1.54, 1.807) is 18.3 Å². The van der Waals surface area contributed by atoms with Crippen molar-refractivity contribution in [3.8, 4) is 0 Å². The van der Waals surface area contributed by atoms with E-state index in [4.69, 9.17) is 0 Å². The molecule has 1 heterocycles. The first kappa shape index (κ1) is 14.5. The van der Waals surface area contributed by atoms with Crippen LogP contribution in [0.3, 0.4) is 0 Å². The maximum Gasteiger partial charge on any atom is 0.221 e. The lowest BCUT2D eigenvalue weighted by Crippen LogP contribution is -2.43. The lowest BCUT2D eigenvalue weighted by atomic mass is 9.73. The highest BCUT2D eigenvalue weighted by molar-refractivity contribution is 7.10. The van der Waals surface area contributed by atoms with Crippen LogP contribution in [-0.4, -0.2) is 11.9 Å². The molecule has 0 saturated heterocycles. The molecule has 1 aromatic rings. The molecule has 3 nitrogen and oxygen atoms in total. The zero-order valence-corrected chi connectivity index (χ0v) is 12.9. The van der Waals surface area contributed by atoms with Crippen LogP contribution in [-0.2, 0) is 11.3 Å². The molecule has 1 saturated carbocycles. The Labute approximate surface area is 119 Å². The van der Waals surface area contributed by atoms with Crippen molar-refractivity contribution < 1.29 is 4.79 Å². The number of carbonyl (C=O) groups excluding carboxylic acids is 1. The maximum atomic E-state index is 11.1. The molecule has 2 N–H and O–H groups in total. The number of amides is 1. The Bertz CT molecular complexity index is 439. The highest BCUT2D eigenvalue weighted by Gasteiger charge is 2.31. The van der Waals surface area contributed by atoms with Gasteiger partial charge in [0.2, 0.25) is 5.91 Å². The average molecular weight is 280 g/mol. The van der Waals surface area contributed by atoms with Crippen molar-refractivity contribution in [2.75, 3.05) is 5.32 Å². The second-order valence-corrected chi connectivity index (χ2v) is 7.11. The fourth-order valence-electron chi connectivity index (χ4n) is 2.87. The summed E-state index contributed by atoms with van der Waals surface area (Å²) in [4.78, 5) is 12.4. The summed E-state index contributed by atoms with van der Waals surface area (Å²) < 4.78 is 0. The standard InChI is InChI=1S/C15H24N2OS/c1-11(18)17-12-7-9-19-13(12)10-16-14-6-4-5-8-15(14,2)3/h7,9,14,16H,4-6,8,10H2,1-3H3,(H,17,18). The van der Waals surface area contributed by atoms with Gasteiger partial charge in [-0.25, -0.2) is 0 Å². The van der Waals surface area contributed by atoms with Crippen LogP contribution in [0.25, 0.3) is 0 Å². The summed E-state index contributed by atoms with van der Waals surface area (Å²) in [6, 6.07) is 2.56. The number of carbonyl (C=O) groups is 1. The first-order valence-corrected chi connectivity index (χ1v) is 7.94. The smallest absolute Gasteiger partial charge is 0.221 e. The number of hydrogen-bond acceptors (Lipinski definition) is 3. The van der Waals surface area contributed by atoms with Crippen molar-refractivity contribution in [2.24, 2.45) is 5.41 Å². The average Bonchev–Trinajstić information content (AvgIpc) is 2.74. The molecule has 4 heteroatoms. The normalized spacial score (nSPS) is 22.2. The van der Waals surface area contributed by atoms with Crippen molar-refractivity contribution in [1.29, 1.82) is 0 Å². The molecule has 1 aromatic heterocycles. The minimum absolute atomic E-state index is 0.00218. The van der Waals surface area contributed by atoms with Crippen molar-refractivity contribution in [1.82, 2.24) is 5.32 Å². The molecule has 106 valence electrons. The number of anilines is 1. The maximum absolute atomic E-state index is 11.1. The first-order valence-electron chi connectivity index (χ1n) is 7.06. The van der Waals surface area contributed by atoms with Gasteiger partial charge in [-0.2, -0.15) is 0 Å². The van der Waals surface area contributed by atoms with E-state index in [2.05, 4.69) is 24.5 Å². The lowest BCUT2D eigenvalue weighted by molar-refractivity contribution is -0.114. The third kappa shape index (κ3) is 3.80. The molecule has 0 bridgehead atoms. The Hall–Kier alpha value is -0.870. The van der Waals surface area contributed by atoms with E-state index in [0.717, 1.165) is 12.2 Å². The Morgan fingerprint density at radius 2 is 2.26 bits per heavy atom. The molecule has 1 aliphatic rings. The number of hydrogen-bond donors (Lipinski definition) is 2. The van der Waals surface area contributed by atoms with E-state index in [1.807, 2.05) is 11.4 Å². The van der Waals surface area contributed by atoms with Crippen molar-refractivity contribution in [3.63, 3.8) is 0 Å². The zero-order valence-electron chi connectivity index (χ0n) is 12.1. The van der Waals surface area contributed by atoms with Crippen LogP contribution in [0.2, 0.25) is 0 Å². The van der Waals surface area contributed by atoms with Gasteiger partial charge in [0.15, 0.2) is 0 Å². The van der Waals surface area contributed by atoms with E-state index in [9.17, 15) is 4.79 Å². The third-order valence-corrected chi connectivity index (χ3v) is 4.99. The Kier molecular flexibility index (Phi) is 4.63. The van der Waals surface area contributed by atoms with Gasteiger partial charge in [0.25, 0.3) is 0 Å². The fraction of sp³-hybridized carbons (Fsp3) is 0.667. The van der Waals surface area contributed by atoms with E-state index >= 15 is 0 Å².